The molecule has 0 amide bonds. The second-order valence-corrected chi connectivity index (χ2v) is 5.48. The van der Waals surface area contributed by atoms with E-state index < -0.39 is 9.04 Å². The van der Waals surface area contributed by atoms with Gasteiger partial charge < -0.3 is 14.5 Å². The lowest BCUT2D eigenvalue weighted by molar-refractivity contribution is 0.0198. The first-order valence-electron chi connectivity index (χ1n) is 5.08. The minimum absolute atomic E-state index is 0.414. The zero-order valence-corrected chi connectivity index (χ0v) is 10.3. The molecule has 1 rings (SSSR count). The zero-order valence-electron chi connectivity index (χ0n) is 9.32. The van der Waals surface area contributed by atoms with E-state index in [1.54, 1.807) is 0 Å². The fraction of sp³-hybridized carbons (Fsp3) is 0.455. The Hall–Kier alpha value is -0.843. The van der Waals surface area contributed by atoms with Crippen LogP contribution >= 0.6 is 0 Å². The molecular weight excluding hydrogens is 206 g/mol. The van der Waals surface area contributed by atoms with Gasteiger partial charge in [0.15, 0.2) is 0 Å². The van der Waals surface area contributed by atoms with E-state index >= 15 is 0 Å². The minimum Gasteiger partial charge on any atom is -0.395 e. The quantitative estimate of drug-likeness (QED) is 0.438. The Morgan fingerprint density at radius 1 is 1.20 bits per heavy atom. The topological polar surface area (TPSA) is 30.5 Å². The smallest absolute Gasteiger partial charge is 0.208 e. The summed E-state index contributed by atoms with van der Waals surface area (Å²) in [5.74, 6) is 0. The lowest BCUT2D eigenvalue weighted by Crippen LogP contribution is -2.15. The minimum atomic E-state index is -0.619. The van der Waals surface area contributed by atoms with Crippen LogP contribution in [0.4, 0.5) is 5.69 Å². The maximum atomic E-state index is 5.35. The SMILES string of the molecule is C[Si](C)OCOCCNc1ccccc1. The van der Waals surface area contributed by atoms with Gasteiger partial charge in [-0.15, -0.1) is 0 Å². The molecule has 0 unspecified atom stereocenters. The standard InChI is InChI=1S/C11H18NO2Si/c1-15(2)14-10-13-9-8-12-11-6-4-3-5-7-11/h3-7,12H,8-10H2,1-2H3. The van der Waals surface area contributed by atoms with Gasteiger partial charge in [0, 0.05) is 12.2 Å². The monoisotopic (exact) mass is 224 g/mol. The molecule has 0 spiro atoms. The van der Waals surface area contributed by atoms with E-state index in [9.17, 15) is 0 Å². The number of hydrogen-bond acceptors (Lipinski definition) is 3. The van der Waals surface area contributed by atoms with Crippen LogP contribution in [0.25, 0.3) is 0 Å². The highest BCUT2D eigenvalue weighted by Crippen LogP contribution is 2.03. The van der Waals surface area contributed by atoms with Crippen molar-refractivity contribution in [2.45, 2.75) is 13.1 Å². The van der Waals surface area contributed by atoms with E-state index in [-0.39, 0.29) is 0 Å². The maximum Gasteiger partial charge on any atom is 0.208 e. The number of hydrogen-bond donors (Lipinski definition) is 1. The summed E-state index contributed by atoms with van der Waals surface area (Å²) in [6.07, 6.45) is 0. The zero-order chi connectivity index (χ0) is 10.9. The van der Waals surface area contributed by atoms with Crippen LogP contribution in [0.3, 0.4) is 0 Å². The van der Waals surface area contributed by atoms with Gasteiger partial charge in [0.2, 0.25) is 9.04 Å². The molecule has 0 fully saturated rings. The molecule has 4 heteroatoms. The highest BCUT2D eigenvalue weighted by molar-refractivity contribution is 6.48. The second-order valence-electron chi connectivity index (χ2n) is 3.37. The van der Waals surface area contributed by atoms with Gasteiger partial charge in [-0.3, -0.25) is 0 Å². The third-order valence-corrected chi connectivity index (χ3v) is 2.48. The van der Waals surface area contributed by atoms with Crippen LogP contribution in [0.15, 0.2) is 30.3 Å². The number of ether oxygens (including phenoxy) is 1. The van der Waals surface area contributed by atoms with Crippen molar-refractivity contribution in [1.29, 1.82) is 0 Å². The lowest BCUT2D eigenvalue weighted by Gasteiger charge is -2.08. The normalized spacial score (nSPS) is 10.6. The Kier molecular flexibility index (Phi) is 6.07. The third kappa shape index (κ3) is 6.27. The average Bonchev–Trinajstić information content (AvgIpc) is 2.24. The Labute approximate surface area is 93.1 Å². The van der Waals surface area contributed by atoms with Gasteiger partial charge in [-0.1, -0.05) is 18.2 Å². The molecule has 1 N–H and O–H groups in total. The van der Waals surface area contributed by atoms with Gasteiger partial charge in [-0.2, -0.15) is 0 Å². The van der Waals surface area contributed by atoms with Crippen LogP contribution in [0.5, 0.6) is 0 Å². The lowest BCUT2D eigenvalue weighted by atomic mass is 10.3. The fourth-order valence-electron chi connectivity index (χ4n) is 1.04. The van der Waals surface area contributed by atoms with Crippen LogP contribution in [0, 0.1) is 0 Å². The Morgan fingerprint density at radius 2 is 1.93 bits per heavy atom. The highest BCUT2D eigenvalue weighted by Gasteiger charge is 1.95. The van der Waals surface area contributed by atoms with E-state index in [0.29, 0.717) is 13.4 Å². The van der Waals surface area contributed by atoms with E-state index in [1.807, 2.05) is 30.3 Å². The molecule has 0 saturated carbocycles. The summed E-state index contributed by atoms with van der Waals surface area (Å²) in [6, 6.07) is 10.1. The van der Waals surface area contributed by atoms with Crippen molar-refractivity contribution in [2.24, 2.45) is 0 Å². The largest absolute Gasteiger partial charge is 0.395 e. The molecule has 0 aliphatic rings. The maximum absolute atomic E-state index is 5.35. The van der Waals surface area contributed by atoms with Crippen LogP contribution < -0.4 is 5.32 Å². The van der Waals surface area contributed by atoms with Gasteiger partial charge in [-0.05, 0) is 25.2 Å². The second kappa shape index (κ2) is 7.45. The number of rotatable bonds is 7. The molecule has 0 atom stereocenters. The van der Waals surface area contributed by atoms with Crippen molar-refractivity contribution in [1.82, 2.24) is 0 Å². The van der Waals surface area contributed by atoms with E-state index in [2.05, 4.69) is 18.4 Å². The molecular formula is C11H18NO2Si. The summed E-state index contributed by atoms with van der Waals surface area (Å²) < 4.78 is 10.7. The number of benzene rings is 1. The molecule has 0 aliphatic carbocycles. The molecule has 0 saturated heterocycles. The van der Waals surface area contributed by atoms with Crippen LogP contribution in [-0.2, 0) is 9.16 Å². The molecule has 15 heavy (non-hydrogen) atoms. The highest BCUT2D eigenvalue weighted by atomic mass is 28.3. The molecule has 1 aromatic carbocycles. The Morgan fingerprint density at radius 3 is 2.60 bits per heavy atom. The van der Waals surface area contributed by atoms with Gasteiger partial charge in [-0.25, -0.2) is 0 Å². The van der Waals surface area contributed by atoms with Gasteiger partial charge in [0.25, 0.3) is 0 Å². The predicted octanol–water partition coefficient (Wildman–Crippen LogP) is 2.34. The summed E-state index contributed by atoms with van der Waals surface area (Å²) in [5, 5.41) is 3.26. The van der Waals surface area contributed by atoms with Crippen molar-refractivity contribution in [3.8, 4) is 0 Å². The van der Waals surface area contributed by atoms with Crippen molar-refractivity contribution < 1.29 is 9.16 Å². The van der Waals surface area contributed by atoms with Crippen molar-refractivity contribution in [2.75, 3.05) is 25.3 Å². The van der Waals surface area contributed by atoms with Crippen LogP contribution in [-0.4, -0.2) is 29.0 Å². The van der Waals surface area contributed by atoms with Gasteiger partial charge >= 0.3 is 0 Å². The fourth-order valence-corrected chi connectivity index (χ4v) is 1.36. The summed E-state index contributed by atoms with van der Waals surface area (Å²) in [5.41, 5.74) is 1.12. The van der Waals surface area contributed by atoms with Gasteiger partial charge in [0.05, 0.1) is 6.61 Å². The third-order valence-electron chi connectivity index (χ3n) is 1.78. The Balaban J connectivity index is 1.98. The molecule has 1 aromatic rings. The first-order chi connectivity index (χ1) is 7.29. The van der Waals surface area contributed by atoms with Crippen LogP contribution in [0.2, 0.25) is 13.1 Å². The number of anilines is 1. The summed E-state index contributed by atoms with van der Waals surface area (Å²) in [7, 11) is -0.619. The van der Waals surface area contributed by atoms with E-state index in [1.165, 1.54) is 0 Å². The molecule has 1 radical (unpaired) electrons. The predicted molar refractivity (Wildman–Crippen MR) is 64.3 cm³/mol. The van der Waals surface area contributed by atoms with Gasteiger partial charge in [0.1, 0.15) is 6.79 Å². The van der Waals surface area contributed by atoms with E-state index in [4.69, 9.17) is 9.16 Å². The first-order valence-corrected chi connectivity index (χ1v) is 7.49. The molecule has 83 valence electrons. The van der Waals surface area contributed by atoms with Crippen LogP contribution in [0.1, 0.15) is 0 Å². The molecule has 0 aromatic heterocycles. The summed E-state index contributed by atoms with van der Waals surface area (Å²) in [6.45, 7) is 6.08. The summed E-state index contributed by atoms with van der Waals surface area (Å²) >= 11 is 0. The van der Waals surface area contributed by atoms with Crippen molar-refractivity contribution >= 4 is 14.7 Å². The average molecular weight is 224 g/mol. The number of para-hydroxylation sites is 1. The van der Waals surface area contributed by atoms with Crippen molar-refractivity contribution in [3.05, 3.63) is 30.3 Å². The van der Waals surface area contributed by atoms with Crippen molar-refractivity contribution in [3.63, 3.8) is 0 Å². The number of nitrogens with one attached hydrogen (secondary N) is 1. The molecule has 0 bridgehead atoms. The molecule has 0 aliphatic heterocycles. The Bertz CT molecular complexity index is 254. The molecule has 3 nitrogen and oxygen atoms in total. The first kappa shape index (κ1) is 12.2. The van der Waals surface area contributed by atoms with E-state index in [0.717, 1.165) is 12.2 Å². The summed E-state index contributed by atoms with van der Waals surface area (Å²) in [4.78, 5) is 0. The molecule has 0 heterocycles.